The molecular weight excluding hydrogens is 1010 g/mol. The van der Waals surface area contributed by atoms with Gasteiger partial charge in [-0.1, -0.05) is 194 Å². The van der Waals surface area contributed by atoms with Crippen molar-refractivity contribution in [2.75, 3.05) is 9.80 Å². The van der Waals surface area contributed by atoms with Crippen LogP contribution in [0.15, 0.2) is 212 Å². The normalized spacial score (nSPS) is 13.7. The molecule has 2 heterocycles. The van der Waals surface area contributed by atoms with Crippen LogP contribution in [0.4, 0.5) is 34.1 Å². The maximum atomic E-state index is 2.59. The number of aromatic nitrogens is 1. The van der Waals surface area contributed by atoms with Gasteiger partial charge in [-0.15, -0.1) is 0 Å². The summed E-state index contributed by atoms with van der Waals surface area (Å²) in [7, 11) is 0. The van der Waals surface area contributed by atoms with E-state index in [-0.39, 0.29) is 27.1 Å². The zero-order chi connectivity index (χ0) is 58.6. The van der Waals surface area contributed by atoms with Crippen LogP contribution in [0.1, 0.15) is 130 Å². The average molecular weight is 1090 g/mol. The smallest absolute Gasteiger partial charge is 0.0620 e. The summed E-state index contributed by atoms with van der Waals surface area (Å²) < 4.78 is 2.59. The van der Waals surface area contributed by atoms with Crippen molar-refractivity contribution in [3.05, 3.63) is 246 Å². The Bertz CT molecular complexity index is 4370. The van der Waals surface area contributed by atoms with E-state index in [9.17, 15) is 0 Å². The number of rotatable bonds is 7. The van der Waals surface area contributed by atoms with Crippen LogP contribution in [-0.4, -0.2) is 4.40 Å². The first kappa shape index (κ1) is 53.4. The Balaban J connectivity index is 0.987. The lowest BCUT2D eigenvalue weighted by atomic mass is 9.81. The Hall–Kier alpha value is -8.66. The van der Waals surface area contributed by atoms with Crippen molar-refractivity contribution in [3.63, 3.8) is 0 Å². The molecule has 0 spiro atoms. The predicted octanol–water partition coefficient (Wildman–Crippen LogP) is 23.2. The number of hydrogen-bond donors (Lipinski definition) is 0. The summed E-state index contributed by atoms with van der Waals surface area (Å²) in [6, 6.07) is 81.9. The molecule has 0 bridgehead atoms. The summed E-state index contributed by atoms with van der Waals surface area (Å²) in [5, 5.41) is 9.91. The van der Waals surface area contributed by atoms with Crippen molar-refractivity contribution in [2.45, 2.75) is 124 Å². The van der Waals surface area contributed by atoms with E-state index in [4.69, 9.17) is 0 Å². The minimum Gasteiger partial charge on any atom is -0.310 e. The van der Waals surface area contributed by atoms with E-state index >= 15 is 0 Å². The molecule has 0 fully saturated rings. The molecule has 0 saturated heterocycles. The second kappa shape index (κ2) is 18.7. The van der Waals surface area contributed by atoms with Crippen molar-refractivity contribution in [2.24, 2.45) is 0 Å². The quantitative estimate of drug-likeness (QED) is 0.158. The lowest BCUT2D eigenvalue weighted by molar-refractivity contribution is 0.590. The average Bonchev–Trinajstić information content (AvgIpc) is 1.58. The highest BCUT2D eigenvalue weighted by molar-refractivity contribution is 6.27. The Kier molecular flexibility index (Phi) is 11.9. The highest BCUT2D eigenvalue weighted by atomic mass is 15.1. The van der Waals surface area contributed by atoms with Crippen LogP contribution in [0.2, 0.25) is 0 Å². The molecule has 14 rings (SSSR count). The lowest BCUT2D eigenvalue weighted by Crippen LogP contribution is -2.14. The summed E-state index contributed by atoms with van der Waals surface area (Å²) in [6.07, 6.45) is 0. The van der Waals surface area contributed by atoms with Crippen LogP contribution < -0.4 is 9.80 Å². The van der Waals surface area contributed by atoms with Crippen LogP contribution in [0.3, 0.4) is 0 Å². The fourth-order valence-corrected chi connectivity index (χ4v) is 13.7. The van der Waals surface area contributed by atoms with E-state index in [1.807, 2.05) is 0 Å². The van der Waals surface area contributed by atoms with Gasteiger partial charge >= 0.3 is 0 Å². The van der Waals surface area contributed by atoms with E-state index < -0.39 is 0 Å². The van der Waals surface area contributed by atoms with Gasteiger partial charge in [-0.25, -0.2) is 0 Å². The molecule has 0 amide bonds. The second-order valence-corrected chi connectivity index (χ2v) is 28.8. The molecule has 0 unspecified atom stereocenters. The first-order valence-corrected chi connectivity index (χ1v) is 30.3. The summed E-state index contributed by atoms with van der Waals surface area (Å²) >= 11 is 0. The van der Waals surface area contributed by atoms with Gasteiger partial charge in [-0.05, 0) is 214 Å². The van der Waals surface area contributed by atoms with Gasteiger partial charge in [0.25, 0.3) is 0 Å². The van der Waals surface area contributed by atoms with Gasteiger partial charge in [0.15, 0.2) is 0 Å². The third-order valence-electron chi connectivity index (χ3n) is 18.7. The molecule has 3 nitrogen and oxygen atoms in total. The molecule has 0 N–H and O–H groups in total. The molecule has 11 aromatic carbocycles. The Morgan fingerprint density at radius 1 is 0.298 bits per heavy atom. The summed E-state index contributed by atoms with van der Waals surface area (Å²) in [6.45, 7) is 32.2. The molecule has 0 saturated carbocycles. The summed E-state index contributed by atoms with van der Waals surface area (Å²) in [5.41, 5.74) is 23.8. The highest BCUT2D eigenvalue weighted by Gasteiger charge is 2.35. The topological polar surface area (TPSA) is 10.9 Å². The highest BCUT2D eigenvalue weighted by Crippen LogP contribution is 2.51. The first-order valence-electron chi connectivity index (χ1n) is 30.3. The van der Waals surface area contributed by atoms with Gasteiger partial charge in [0.05, 0.1) is 16.6 Å². The predicted molar refractivity (Wildman–Crippen MR) is 363 cm³/mol. The first-order chi connectivity index (χ1) is 39.9. The zero-order valence-corrected chi connectivity index (χ0v) is 51.5. The second-order valence-electron chi connectivity index (χ2n) is 28.8. The minimum atomic E-state index is -0.107. The van der Waals surface area contributed by atoms with Crippen LogP contribution in [0, 0.1) is 0 Å². The monoisotopic (exact) mass is 1090 g/mol. The van der Waals surface area contributed by atoms with Gasteiger partial charge < -0.3 is 14.2 Å². The molecular formula is C81H77N3. The fourth-order valence-electron chi connectivity index (χ4n) is 13.7. The third-order valence-corrected chi connectivity index (χ3v) is 18.7. The largest absolute Gasteiger partial charge is 0.310 e. The number of anilines is 6. The summed E-state index contributed by atoms with van der Waals surface area (Å²) in [4.78, 5) is 4.86. The Labute approximate surface area is 497 Å². The van der Waals surface area contributed by atoms with E-state index in [1.54, 1.807) is 0 Å². The Morgan fingerprint density at radius 2 is 0.667 bits per heavy atom. The van der Waals surface area contributed by atoms with E-state index in [0.29, 0.717) is 0 Å². The molecule has 1 aliphatic rings. The van der Waals surface area contributed by atoms with Gasteiger partial charge in [0.1, 0.15) is 0 Å². The van der Waals surface area contributed by atoms with Crippen molar-refractivity contribution < 1.29 is 0 Å². The third kappa shape index (κ3) is 8.76. The molecule has 0 radical (unpaired) electrons. The van der Waals surface area contributed by atoms with Crippen molar-refractivity contribution in [3.8, 4) is 22.3 Å². The molecule has 416 valence electrons. The Morgan fingerprint density at radius 3 is 1.06 bits per heavy atom. The van der Waals surface area contributed by atoms with E-state index in [2.05, 4.69) is 323 Å². The molecule has 2 aromatic heterocycles. The molecule has 3 heteroatoms. The minimum absolute atomic E-state index is 0.0465. The van der Waals surface area contributed by atoms with Crippen LogP contribution in [-0.2, 0) is 27.1 Å². The van der Waals surface area contributed by atoms with Crippen LogP contribution >= 0.6 is 0 Å². The maximum Gasteiger partial charge on any atom is 0.0620 e. The lowest BCUT2D eigenvalue weighted by Gasteiger charge is -2.28. The van der Waals surface area contributed by atoms with Crippen molar-refractivity contribution >= 4 is 93.8 Å². The van der Waals surface area contributed by atoms with Crippen molar-refractivity contribution in [1.82, 2.24) is 4.40 Å². The molecule has 0 atom stereocenters. The number of benzene rings is 11. The van der Waals surface area contributed by atoms with Gasteiger partial charge in [0.2, 0.25) is 0 Å². The van der Waals surface area contributed by atoms with Crippen LogP contribution in [0.5, 0.6) is 0 Å². The van der Waals surface area contributed by atoms with Gasteiger partial charge in [0, 0.05) is 61.1 Å². The zero-order valence-electron chi connectivity index (χ0n) is 51.5. The molecule has 1 aliphatic carbocycles. The van der Waals surface area contributed by atoms with E-state index in [1.165, 1.54) is 115 Å². The maximum absolute atomic E-state index is 2.59. The van der Waals surface area contributed by atoms with Gasteiger partial charge in [-0.3, -0.25) is 0 Å². The molecule has 0 aliphatic heterocycles. The SMILES string of the molecule is CC(C)(C)c1ccc(N(c2ccc(C(C)(C)C)cc2)c2ccc3cc4c5cc(-c6ccc7c(c6)C(C)(C)c6ccccc6-7)cc6c7cc8ccc(N(c9ccc(C(C)(C)C)cc9)c9ccc(C(C)(C)C)cc9)cc8cc7n(c4cc3c2)c56)cc1. The van der Waals surface area contributed by atoms with Gasteiger partial charge in [-0.2, -0.15) is 0 Å². The number of nitrogens with zero attached hydrogens (tertiary/aromatic N) is 3. The van der Waals surface area contributed by atoms with E-state index in [0.717, 1.165) is 34.1 Å². The fraction of sp³-hybridized carbons (Fsp3) is 0.235. The standard InChI is InChI=1S/C81H77N3/c1-77(2,3)56-22-32-60(33-23-56)82(61-34-24-57(25-35-61)78(4,5)6)64-30-19-50-43-68-70-45-55(52-21-40-67-66-17-15-16-18-72(66)81(13,14)73(67)47-52)46-71-69-44-51-20-31-65(42-54(51)49-75(69)84(76(70)71)74(68)48-53(50)41-64)83(62-36-26-58(27-37-62)79(7,8)9)63-38-28-59(29-39-63)80(10,11)12/h15-49H,1-14H3. The van der Waals surface area contributed by atoms with Crippen LogP contribution in [0.25, 0.3) is 81.9 Å². The number of fused-ring (bicyclic) bond motifs is 11. The summed E-state index contributed by atoms with van der Waals surface area (Å²) in [5.74, 6) is 0. The number of hydrogen-bond acceptors (Lipinski definition) is 2. The van der Waals surface area contributed by atoms with Crippen molar-refractivity contribution in [1.29, 1.82) is 0 Å². The molecule has 13 aromatic rings. The molecule has 84 heavy (non-hydrogen) atoms.